The molecule has 0 spiro atoms. The van der Waals surface area contributed by atoms with Crippen LogP contribution in [0.2, 0.25) is 0 Å². The molecule has 1 atom stereocenters. The highest BCUT2D eigenvalue weighted by Crippen LogP contribution is 2.36. The van der Waals surface area contributed by atoms with Gasteiger partial charge in [0.15, 0.2) is 17.1 Å². The topological polar surface area (TPSA) is 137 Å². The summed E-state index contributed by atoms with van der Waals surface area (Å²) in [5.74, 6) is -0.990. The summed E-state index contributed by atoms with van der Waals surface area (Å²) in [7, 11) is 0. The summed E-state index contributed by atoms with van der Waals surface area (Å²) in [5.41, 5.74) is 12.0. The molecular formula is C15H14FN7O2. The fourth-order valence-corrected chi connectivity index (χ4v) is 3.10. The smallest absolute Gasteiger partial charge is 0.278 e. The molecule has 0 radical (unpaired) electrons. The maximum absolute atomic E-state index is 13.3. The SMILES string of the molecule is Nc1nnc(C(=O)N2CCCC2c2noc3cc(F)ccc23)c(N)n1. The highest BCUT2D eigenvalue weighted by atomic mass is 19.1. The summed E-state index contributed by atoms with van der Waals surface area (Å²) in [6, 6.07) is 3.87. The first-order valence-electron chi connectivity index (χ1n) is 7.66. The molecule has 1 fully saturated rings. The van der Waals surface area contributed by atoms with Gasteiger partial charge in [0, 0.05) is 18.0 Å². The first-order valence-corrected chi connectivity index (χ1v) is 7.66. The van der Waals surface area contributed by atoms with Crippen LogP contribution in [0.4, 0.5) is 16.2 Å². The average Bonchev–Trinajstić information content (AvgIpc) is 3.19. The summed E-state index contributed by atoms with van der Waals surface area (Å²) < 4.78 is 18.5. The molecule has 1 saturated heterocycles. The van der Waals surface area contributed by atoms with Crippen molar-refractivity contribution < 1.29 is 13.7 Å². The highest BCUT2D eigenvalue weighted by molar-refractivity contribution is 5.97. The van der Waals surface area contributed by atoms with E-state index in [2.05, 4.69) is 20.3 Å². The number of aromatic nitrogens is 4. The molecule has 128 valence electrons. The Bertz CT molecular complexity index is 974. The van der Waals surface area contributed by atoms with E-state index < -0.39 is 11.7 Å². The largest absolute Gasteiger partial charge is 0.382 e. The van der Waals surface area contributed by atoms with Gasteiger partial charge in [0.1, 0.15) is 11.5 Å². The zero-order valence-corrected chi connectivity index (χ0v) is 13.0. The molecule has 0 saturated carbocycles. The number of hydrogen-bond donors (Lipinski definition) is 2. The molecule has 3 heterocycles. The normalized spacial score (nSPS) is 17.3. The molecule has 1 amide bonds. The quantitative estimate of drug-likeness (QED) is 0.710. The number of nitrogens with zero attached hydrogens (tertiary/aromatic N) is 5. The number of hydrogen-bond acceptors (Lipinski definition) is 8. The van der Waals surface area contributed by atoms with Gasteiger partial charge in [-0.25, -0.2) is 4.39 Å². The lowest BCUT2D eigenvalue weighted by atomic mass is 10.1. The third-order valence-corrected chi connectivity index (χ3v) is 4.22. The maximum Gasteiger partial charge on any atom is 0.278 e. The zero-order valence-electron chi connectivity index (χ0n) is 13.0. The van der Waals surface area contributed by atoms with Crippen molar-refractivity contribution in [3.05, 3.63) is 35.4 Å². The van der Waals surface area contributed by atoms with E-state index in [1.807, 2.05) is 0 Å². The number of nitrogens with two attached hydrogens (primary N) is 2. The van der Waals surface area contributed by atoms with E-state index in [4.69, 9.17) is 16.0 Å². The summed E-state index contributed by atoms with van der Waals surface area (Å²) in [5, 5.41) is 12.1. The summed E-state index contributed by atoms with van der Waals surface area (Å²) >= 11 is 0. The van der Waals surface area contributed by atoms with Crippen LogP contribution in [0.5, 0.6) is 0 Å². The van der Waals surface area contributed by atoms with Crippen LogP contribution >= 0.6 is 0 Å². The van der Waals surface area contributed by atoms with Crippen molar-refractivity contribution in [1.29, 1.82) is 0 Å². The third-order valence-electron chi connectivity index (χ3n) is 4.22. The number of fused-ring (bicyclic) bond motifs is 1. The van der Waals surface area contributed by atoms with Gasteiger partial charge in [-0.15, -0.1) is 10.2 Å². The van der Waals surface area contributed by atoms with Crippen LogP contribution in [-0.4, -0.2) is 37.7 Å². The molecule has 1 aliphatic heterocycles. The van der Waals surface area contributed by atoms with Gasteiger partial charge in [-0.1, -0.05) is 5.16 Å². The van der Waals surface area contributed by atoms with Gasteiger partial charge in [-0.3, -0.25) is 4.79 Å². The Morgan fingerprint density at radius 1 is 1.32 bits per heavy atom. The Balaban J connectivity index is 1.71. The van der Waals surface area contributed by atoms with Crippen LogP contribution in [-0.2, 0) is 0 Å². The van der Waals surface area contributed by atoms with Crippen molar-refractivity contribution in [1.82, 2.24) is 25.2 Å². The maximum atomic E-state index is 13.3. The molecule has 1 unspecified atom stereocenters. The second-order valence-electron chi connectivity index (χ2n) is 5.77. The van der Waals surface area contributed by atoms with Crippen molar-refractivity contribution in [2.75, 3.05) is 18.0 Å². The number of likely N-dealkylation sites (tertiary alicyclic amines) is 1. The average molecular weight is 343 g/mol. The van der Waals surface area contributed by atoms with E-state index >= 15 is 0 Å². The first-order chi connectivity index (χ1) is 12.0. The molecule has 10 heteroatoms. The van der Waals surface area contributed by atoms with Crippen LogP contribution in [0.25, 0.3) is 11.0 Å². The Hall–Kier alpha value is -3.30. The van der Waals surface area contributed by atoms with Crippen LogP contribution in [0.1, 0.15) is 35.1 Å². The van der Waals surface area contributed by atoms with E-state index in [1.165, 1.54) is 12.1 Å². The van der Waals surface area contributed by atoms with Gasteiger partial charge in [-0.2, -0.15) is 4.98 Å². The number of nitrogen functional groups attached to an aromatic ring is 2. The predicted molar refractivity (Wildman–Crippen MR) is 85.6 cm³/mol. The van der Waals surface area contributed by atoms with Gasteiger partial charge in [0.05, 0.1) is 6.04 Å². The minimum atomic E-state index is -0.412. The van der Waals surface area contributed by atoms with Crippen molar-refractivity contribution in [3.63, 3.8) is 0 Å². The van der Waals surface area contributed by atoms with Crippen molar-refractivity contribution >= 4 is 28.6 Å². The van der Waals surface area contributed by atoms with Crippen LogP contribution < -0.4 is 11.5 Å². The fraction of sp³-hybridized carbons (Fsp3) is 0.267. The minimum Gasteiger partial charge on any atom is -0.382 e. The van der Waals surface area contributed by atoms with Gasteiger partial charge < -0.3 is 20.9 Å². The lowest BCUT2D eigenvalue weighted by molar-refractivity contribution is 0.0725. The molecular weight excluding hydrogens is 329 g/mol. The van der Waals surface area contributed by atoms with Crippen molar-refractivity contribution in [2.24, 2.45) is 0 Å². The lowest BCUT2D eigenvalue weighted by Gasteiger charge is -2.23. The number of benzene rings is 1. The lowest BCUT2D eigenvalue weighted by Crippen LogP contribution is -2.32. The number of anilines is 2. The molecule has 1 aliphatic rings. The standard InChI is InChI=1S/C15H14FN7O2/c16-7-3-4-8-10(6-7)25-22-11(8)9-2-1-5-23(9)14(24)12-13(17)19-15(18)21-20-12/h3-4,6,9H,1-2,5H2,(H4,17,18,19,21). The molecule has 2 aromatic heterocycles. The van der Waals surface area contributed by atoms with E-state index in [1.54, 1.807) is 11.0 Å². The Morgan fingerprint density at radius 2 is 2.16 bits per heavy atom. The first kappa shape index (κ1) is 15.2. The third kappa shape index (κ3) is 2.51. The molecule has 0 bridgehead atoms. The van der Waals surface area contributed by atoms with Crippen LogP contribution in [0, 0.1) is 5.82 Å². The Kier molecular flexibility index (Phi) is 3.45. The number of halogens is 1. The summed E-state index contributed by atoms with van der Waals surface area (Å²) in [6.45, 7) is 0.505. The van der Waals surface area contributed by atoms with Crippen molar-refractivity contribution in [3.8, 4) is 0 Å². The molecule has 3 aromatic rings. The minimum absolute atomic E-state index is 0.0556. The molecule has 1 aromatic carbocycles. The molecule has 4 rings (SSSR count). The van der Waals surface area contributed by atoms with E-state index in [-0.39, 0.29) is 23.5 Å². The van der Waals surface area contributed by atoms with Gasteiger partial charge in [-0.05, 0) is 25.0 Å². The highest BCUT2D eigenvalue weighted by Gasteiger charge is 2.35. The molecule has 25 heavy (non-hydrogen) atoms. The monoisotopic (exact) mass is 343 g/mol. The molecule has 9 nitrogen and oxygen atoms in total. The van der Waals surface area contributed by atoms with E-state index in [9.17, 15) is 9.18 Å². The second kappa shape index (κ2) is 5.65. The van der Waals surface area contributed by atoms with Gasteiger partial charge >= 0.3 is 0 Å². The predicted octanol–water partition coefficient (Wildman–Crippen LogP) is 1.29. The molecule has 0 aliphatic carbocycles. The number of carbonyl (C=O) groups excluding carboxylic acids is 1. The van der Waals surface area contributed by atoms with Crippen LogP contribution in [0.15, 0.2) is 22.7 Å². The van der Waals surface area contributed by atoms with Gasteiger partial charge in [0.25, 0.3) is 5.91 Å². The van der Waals surface area contributed by atoms with E-state index in [0.29, 0.717) is 29.6 Å². The number of amides is 1. The summed E-state index contributed by atoms with van der Waals surface area (Å²) in [6.07, 6.45) is 1.47. The van der Waals surface area contributed by atoms with Gasteiger partial charge in [0.2, 0.25) is 5.95 Å². The number of rotatable bonds is 2. The zero-order chi connectivity index (χ0) is 17.6. The summed E-state index contributed by atoms with van der Waals surface area (Å²) in [4.78, 5) is 18.2. The fourth-order valence-electron chi connectivity index (χ4n) is 3.10. The van der Waals surface area contributed by atoms with Crippen molar-refractivity contribution in [2.45, 2.75) is 18.9 Å². The Morgan fingerprint density at radius 3 is 2.96 bits per heavy atom. The Labute approximate surface area is 140 Å². The molecule has 4 N–H and O–H groups in total. The van der Waals surface area contributed by atoms with Crippen LogP contribution in [0.3, 0.4) is 0 Å². The number of carbonyl (C=O) groups is 1. The van der Waals surface area contributed by atoms with E-state index in [0.717, 1.165) is 6.42 Å². The second-order valence-corrected chi connectivity index (χ2v) is 5.77.